The molecule has 1 aliphatic rings. The second kappa shape index (κ2) is 9.67. The third-order valence-corrected chi connectivity index (χ3v) is 5.95. The molecule has 26 heavy (non-hydrogen) atoms. The van der Waals surface area contributed by atoms with E-state index in [-0.39, 0.29) is 5.91 Å². The van der Waals surface area contributed by atoms with E-state index in [1.807, 2.05) is 30.3 Å². The third kappa shape index (κ3) is 5.28. The van der Waals surface area contributed by atoms with E-state index < -0.39 is 0 Å². The SMILES string of the molecule is COc1ccc([C@H]2CCCCN(C(=O)CCSc3ccccc3)C2)cc1. The molecule has 0 N–H and O–H groups in total. The van der Waals surface area contributed by atoms with Gasteiger partial charge in [0.25, 0.3) is 0 Å². The van der Waals surface area contributed by atoms with Crippen molar-refractivity contribution in [3.8, 4) is 5.75 Å². The van der Waals surface area contributed by atoms with E-state index in [0.717, 1.165) is 37.4 Å². The largest absolute Gasteiger partial charge is 0.497 e. The highest BCUT2D eigenvalue weighted by molar-refractivity contribution is 7.99. The predicted molar refractivity (Wildman–Crippen MR) is 108 cm³/mol. The van der Waals surface area contributed by atoms with Gasteiger partial charge in [-0.3, -0.25) is 4.79 Å². The van der Waals surface area contributed by atoms with Crippen LogP contribution in [0.2, 0.25) is 0 Å². The molecule has 3 rings (SSSR count). The topological polar surface area (TPSA) is 29.5 Å². The highest BCUT2D eigenvalue weighted by Crippen LogP contribution is 2.28. The van der Waals surface area contributed by atoms with Gasteiger partial charge in [0.2, 0.25) is 5.91 Å². The van der Waals surface area contributed by atoms with Gasteiger partial charge in [0.1, 0.15) is 5.75 Å². The van der Waals surface area contributed by atoms with Crippen molar-refractivity contribution >= 4 is 17.7 Å². The summed E-state index contributed by atoms with van der Waals surface area (Å²) in [6.07, 6.45) is 4.03. The lowest BCUT2D eigenvalue weighted by molar-refractivity contribution is -0.130. The van der Waals surface area contributed by atoms with Gasteiger partial charge in [-0.05, 0) is 42.7 Å². The van der Waals surface area contributed by atoms with Gasteiger partial charge in [0, 0.05) is 36.1 Å². The number of amides is 1. The van der Waals surface area contributed by atoms with Gasteiger partial charge in [0.15, 0.2) is 0 Å². The molecule has 138 valence electrons. The van der Waals surface area contributed by atoms with Gasteiger partial charge in [-0.1, -0.05) is 36.8 Å². The number of carbonyl (C=O) groups is 1. The fourth-order valence-electron chi connectivity index (χ4n) is 3.45. The molecule has 0 unspecified atom stereocenters. The molecule has 3 nitrogen and oxygen atoms in total. The number of benzene rings is 2. The average Bonchev–Trinajstić information content (AvgIpc) is 2.95. The van der Waals surface area contributed by atoms with E-state index >= 15 is 0 Å². The highest BCUT2D eigenvalue weighted by atomic mass is 32.2. The van der Waals surface area contributed by atoms with Crippen molar-refractivity contribution in [2.45, 2.75) is 36.5 Å². The van der Waals surface area contributed by atoms with Crippen LogP contribution in [0.4, 0.5) is 0 Å². The zero-order valence-corrected chi connectivity index (χ0v) is 16.2. The molecular formula is C22H27NO2S. The van der Waals surface area contributed by atoms with Crippen molar-refractivity contribution in [1.29, 1.82) is 0 Å². The van der Waals surface area contributed by atoms with E-state index in [4.69, 9.17) is 4.74 Å². The lowest BCUT2D eigenvalue weighted by Crippen LogP contribution is -2.34. The second-order valence-corrected chi connectivity index (χ2v) is 7.89. The number of hydrogen-bond donors (Lipinski definition) is 0. The minimum atomic E-state index is 0.286. The number of nitrogens with zero attached hydrogens (tertiary/aromatic N) is 1. The summed E-state index contributed by atoms with van der Waals surface area (Å²) < 4.78 is 5.25. The van der Waals surface area contributed by atoms with Crippen molar-refractivity contribution in [3.05, 3.63) is 60.2 Å². The number of methoxy groups -OCH3 is 1. The quantitative estimate of drug-likeness (QED) is 0.673. The van der Waals surface area contributed by atoms with E-state index in [9.17, 15) is 4.79 Å². The Morgan fingerprint density at radius 1 is 1.12 bits per heavy atom. The second-order valence-electron chi connectivity index (χ2n) is 6.72. The fraction of sp³-hybridized carbons (Fsp3) is 0.409. The van der Waals surface area contributed by atoms with Crippen LogP contribution in [-0.2, 0) is 4.79 Å². The maximum absolute atomic E-state index is 12.7. The van der Waals surface area contributed by atoms with Crippen molar-refractivity contribution < 1.29 is 9.53 Å². The number of carbonyl (C=O) groups excluding carboxylic acids is 1. The Bertz CT molecular complexity index is 687. The molecule has 0 aliphatic carbocycles. The monoisotopic (exact) mass is 369 g/mol. The lowest BCUT2D eigenvalue weighted by Gasteiger charge is -2.25. The van der Waals surface area contributed by atoms with Gasteiger partial charge in [-0.25, -0.2) is 0 Å². The summed E-state index contributed by atoms with van der Waals surface area (Å²) in [5, 5.41) is 0. The molecule has 0 aromatic heterocycles. The Hall–Kier alpha value is -1.94. The Kier molecular flexibility index (Phi) is 7.01. The molecule has 0 bridgehead atoms. The summed E-state index contributed by atoms with van der Waals surface area (Å²) in [6.45, 7) is 1.72. The van der Waals surface area contributed by atoms with E-state index in [1.165, 1.54) is 16.9 Å². The van der Waals surface area contributed by atoms with Gasteiger partial charge >= 0.3 is 0 Å². The van der Waals surface area contributed by atoms with Crippen molar-refractivity contribution in [1.82, 2.24) is 4.90 Å². The first-order valence-electron chi connectivity index (χ1n) is 9.36. The van der Waals surface area contributed by atoms with Crippen LogP contribution >= 0.6 is 11.8 Å². The maximum Gasteiger partial charge on any atom is 0.223 e. The highest BCUT2D eigenvalue weighted by Gasteiger charge is 2.23. The van der Waals surface area contributed by atoms with E-state index in [2.05, 4.69) is 29.2 Å². The minimum Gasteiger partial charge on any atom is -0.497 e. The van der Waals surface area contributed by atoms with Gasteiger partial charge in [-0.15, -0.1) is 11.8 Å². The Morgan fingerprint density at radius 3 is 2.62 bits per heavy atom. The van der Waals surface area contributed by atoms with Crippen LogP contribution in [-0.4, -0.2) is 36.8 Å². The normalized spacial score (nSPS) is 17.6. The van der Waals surface area contributed by atoms with Crippen LogP contribution in [0.15, 0.2) is 59.5 Å². The number of ether oxygens (including phenoxy) is 1. The fourth-order valence-corrected chi connectivity index (χ4v) is 4.31. The van der Waals surface area contributed by atoms with Crippen molar-refractivity contribution in [2.24, 2.45) is 0 Å². The van der Waals surface area contributed by atoms with Crippen LogP contribution in [0.3, 0.4) is 0 Å². The minimum absolute atomic E-state index is 0.286. The van der Waals surface area contributed by atoms with Crippen LogP contribution in [0.1, 0.15) is 37.2 Å². The molecule has 1 saturated heterocycles. The number of hydrogen-bond acceptors (Lipinski definition) is 3. The first-order chi connectivity index (χ1) is 12.8. The molecular weight excluding hydrogens is 342 g/mol. The predicted octanol–water partition coefficient (Wildman–Crippen LogP) is 4.97. The summed E-state index contributed by atoms with van der Waals surface area (Å²) in [4.78, 5) is 16.0. The van der Waals surface area contributed by atoms with Gasteiger partial charge in [-0.2, -0.15) is 0 Å². The molecule has 1 aliphatic heterocycles. The molecule has 1 amide bonds. The van der Waals surface area contributed by atoms with Gasteiger partial charge < -0.3 is 9.64 Å². The first-order valence-corrected chi connectivity index (χ1v) is 10.3. The summed E-state index contributed by atoms with van der Waals surface area (Å²) in [5.41, 5.74) is 1.31. The molecule has 4 heteroatoms. The molecule has 1 heterocycles. The molecule has 2 aromatic carbocycles. The summed E-state index contributed by atoms with van der Waals surface area (Å²) in [7, 11) is 1.69. The first kappa shape index (κ1) is 18.8. The smallest absolute Gasteiger partial charge is 0.223 e. The lowest BCUT2D eigenvalue weighted by atomic mass is 9.94. The Labute approximate surface area is 160 Å². The van der Waals surface area contributed by atoms with Gasteiger partial charge in [0.05, 0.1) is 7.11 Å². The van der Waals surface area contributed by atoms with Crippen LogP contribution in [0.5, 0.6) is 5.75 Å². The summed E-state index contributed by atoms with van der Waals surface area (Å²) >= 11 is 1.76. The van der Waals surface area contributed by atoms with E-state index in [0.29, 0.717) is 12.3 Å². The van der Waals surface area contributed by atoms with Crippen molar-refractivity contribution in [2.75, 3.05) is 26.0 Å². The molecule has 2 aromatic rings. The Balaban J connectivity index is 1.55. The zero-order chi connectivity index (χ0) is 18.2. The summed E-state index contributed by atoms with van der Waals surface area (Å²) in [6, 6.07) is 18.6. The number of likely N-dealkylation sites (tertiary alicyclic amines) is 1. The van der Waals surface area contributed by atoms with E-state index in [1.54, 1.807) is 18.9 Å². The third-order valence-electron chi connectivity index (χ3n) is 4.94. The number of thioether (sulfide) groups is 1. The molecule has 0 saturated carbocycles. The Morgan fingerprint density at radius 2 is 1.88 bits per heavy atom. The summed E-state index contributed by atoms with van der Waals surface area (Å²) in [5.74, 6) is 2.43. The van der Waals surface area contributed by atoms with Crippen LogP contribution in [0, 0.1) is 0 Å². The molecule has 1 fully saturated rings. The average molecular weight is 370 g/mol. The van der Waals surface area contributed by atoms with Crippen LogP contribution < -0.4 is 4.74 Å². The van der Waals surface area contributed by atoms with Crippen LogP contribution in [0.25, 0.3) is 0 Å². The maximum atomic E-state index is 12.7. The standard InChI is InChI=1S/C22H27NO2S/c1-25-20-12-10-18(11-13-20)19-7-5-6-15-23(17-19)22(24)14-16-26-21-8-3-2-4-9-21/h2-4,8-13,19H,5-7,14-17H2,1H3/t19-/m0/s1. The molecule has 0 spiro atoms. The molecule has 1 atom stereocenters. The number of rotatable bonds is 6. The van der Waals surface area contributed by atoms with Crippen molar-refractivity contribution in [3.63, 3.8) is 0 Å². The zero-order valence-electron chi connectivity index (χ0n) is 15.4. The molecule has 0 radical (unpaired) electrons.